The summed E-state index contributed by atoms with van der Waals surface area (Å²) in [5, 5.41) is 11.5. The number of benzene rings is 3. The lowest BCUT2D eigenvalue weighted by molar-refractivity contribution is -0.138. The highest BCUT2D eigenvalue weighted by Gasteiger charge is 2.28. The lowest BCUT2D eigenvalue weighted by atomic mass is 10.2. The van der Waals surface area contributed by atoms with Gasteiger partial charge in [0, 0.05) is 0 Å². The average Bonchev–Trinajstić information content (AvgIpc) is 2.79. The van der Waals surface area contributed by atoms with Crippen molar-refractivity contribution >= 4 is 21.9 Å². The largest absolute Gasteiger partial charge is 0.480 e. The van der Waals surface area contributed by atoms with E-state index in [2.05, 4.69) is 5.32 Å². The number of carboxylic acid groups (broad SMARTS) is 1. The zero-order valence-corrected chi connectivity index (χ0v) is 17.7. The molecule has 0 fully saturated rings. The first-order chi connectivity index (χ1) is 15.3. The molecule has 0 unspecified atom stereocenters. The van der Waals surface area contributed by atoms with Crippen molar-refractivity contribution in [2.75, 3.05) is 5.75 Å². The van der Waals surface area contributed by atoms with Gasteiger partial charge in [-0.25, -0.2) is 18.0 Å². The third-order valence-corrected chi connectivity index (χ3v) is 6.11. The van der Waals surface area contributed by atoms with Crippen LogP contribution in [0.3, 0.4) is 0 Å². The molecule has 3 aromatic carbocycles. The first-order valence-corrected chi connectivity index (χ1v) is 11.2. The van der Waals surface area contributed by atoms with E-state index in [0.717, 1.165) is 0 Å². The zero-order chi connectivity index (χ0) is 23.0. The van der Waals surface area contributed by atoms with Gasteiger partial charge in [-0.1, -0.05) is 48.5 Å². The Morgan fingerprint density at radius 3 is 2.00 bits per heavy atom. The van der Waals surface area contributed by atoms with Gasteiger partial charge in [0.25, 0.3) is 0 Å². The van der Waals surface area contributed by atoms with E-state index in [1.807, 2.05) is 6.07 Å². The van der Waals surface area contributed by atoms with E-state index in [9.17, 15) is 23.1 Å². The number of rotatable bonds is 9. The smallest absolute Gasteiger partial charge is 0.408 e. The van der Waals surface area contributed by atoms with E-state index in [4.69, 9.17) is 9.47 Å². The van der Waals surface area contributed by atoms with Crippen LogP contribution in [0.15, 0.2) is 89.8 Å². The highest BCUT2D eigenvalue weighted by atomic mass is 32.2. The Morgan fingerprint density at radius 1 is 0.844 bits per heavy atom. The molecular weight excluding hydrogens is 434 g/mol. The van der Waals surface area contributed by atoms with Crippen LogP contribution < -0.4 is 10.1 Å². The number of ether oxygens (including phenoxy) is 2. The molecule has 0 aromatic heterocycles. The fourth-order valence-corrected chi connectivity index (χ4v) is 4.14. The molecule has 0 aliphatic heterocycles. The Balaban J connectivity index is 1.61. The van der Waals surface area contributed by atoms with Crippen molar-refractivity contribution in [2.45, 2.75) is 17.5 Å². The summed E-state index contributed by atoms with van der Waals surface area (Å²) in [5.41, 5.74) is 0.708. The van der Waals surface area contributed by atoms with Gasteiger partial charge >= 0.3 is 12.1 Å². The van der Waals surface area contributed by atoms with Crippen LogP contribution in [-0.2, 0) is 26.0 Å². The van der Waals surface area contributed by atoms with Crippen LogP contribution in [-0.4, -0.2) is 37.4 Å². The van der Waals surface area contributed by atoms with Gasteiger partial charge in [0.15, 0.2) is 9.84 Å². The number of carbonyl (C=O) groups excluding carboxylic acids is 1. The third kappa shape index (κ3) is 6.58. The maximum atomic E-state index is 12.7. The van der Waals surface area contributed by atoms with E-state index in [1.54, 1.807) is 54.6 Å². The molecule has 1 atom stereocenters. The summed E-state index contributed by atoms with van der Waals surface area (Å²) in [6.45, 7) is -0.0748. The Morgan fingerprint density at radius 2 is 1.41 bits per heavy atom. The number of nitrogens with one attached hydrogen (secondary N) is 1. The summed E-state index contributed by atoms with van der Waals surface area (Å²) in [4.78, 5) is 23.4. The van der Waals surface area contributed by atoms with Crippen molar-refractivity contribution in [1.82, 2.24) is 5.32 Å². The van der Waals surface area contributed by atoms with Crippen LogP contribution in [0, 0.1) is 0 Å². The van der Waals surface area contributed by atoms with Crippen molar-refractivity contribution in [2.24, 2.45) is 0 Å². The number of amides is 1. The number of alkyl carbamates (subject to hydrolysis) is 1. The van der Waals surface area contributed by atoms with E-state index >= 15 is 0 Å². The first kappa shape index (κ1) is 22.8. The Bertz CT molecular complexity index is 1150. The molecule has 3 rings (SSSR count). The van der Waals surface area contributed by atoms with E-state index in [0.29, 0.717) is 17.1 Å². The Labute approximate surface area is 185 Å². The maximum absolute atomic E-state index is 12.7. The van der Waals surface area contributed by atoms with Crippen LogP contribution in [0.25, 0.3) is 0 Å². The second-order valence-electron chi connectivity index (χ2n) is 6.76. The van der Waals surface area contributed by atoms with Gasteiger partial charge in [0.2, 0.25) is 0 Å². The minimum atomic E-state index is -4.01. The molecule has 0 saturated carbocycles. The minimum absolute atomic E-state index is 0.0748. The summed E-state index contributed by atoms with van der Waals surface area (Å²) < 4.78 is 36.0. The number of sulfone groups is 1. The molecular formula is C23H21NO7S. The highest BCUT2D eigenvalue weighted by Crippen LogP contribution is 2.23. The van der Waals surface area contributed by atoms with Crippen LogP contribution in [0.2, 0.25) is 0 Å². The zero-order valence-electron chi connectivity index (χ0n) is 16.9. The fourth-order valence-electron chi connectivity index (χ4n) is 2.74. The second-order valence-corrected chi connectivity index (χ2v) is 8.80. The van der Waals surface area contributed by atoms with E-state index in [-0.39, 0.29) is 11.5 Å². The Kier molecular flexibility index (Phi) is 7.45. The topological polar surface area (TPSA) is 119 Å². The highest BCUT2D eigenvalue weighted by molar-refractivity contribution is 7.91. The van der Waals surface area contributed by atoms with Crippen LogP contribution in [0.4, 0.5) is 4.79 Å². The average molecular weight is 455 g/mol. The standard InChI is InChI=1S/C23H21NO7S/c25-22(26)21(24-23(27)30-15-17-7-3-1-4-8-17)16-32(28,29)20-13-11-19(12-14-20)31-18-9-5-2-6-10-18/h1-14,21H,15-16H2,(H,24,27)(H,25,26)/t21-/m0/s1. The number of carboxylic acids is 1. The first-order valence-electron chi connectivity index (χ1n) is 9.59. The van der Waals surface area contributed by atoms with Gasteiger partial charge < -0.3 is 19.9 Å². The number of hydrogen-bond acceptors (Lipinski definition) is 6. The molecule has 0 saturated heterocycles. The number of aliphatic carboxylic acids is 1. The van der Waals surface area contributed by atoms with Gasteiger partial charge in [-0.2, -0.15) is 0 Å². The van der Waals surface area contributed by atoms with Gasteiger partial charge in [-0.15, -0.1) is 0 Å². The second kappa shape index (κ2) is 10.5. The fraction of sp³-hybridized carbons (Fsp3) is 0.130. The summed E-state index contributed by atoms with van der Waals surface area (Å²) in [5.74, 6) is -1.31. The molecule has 0 aliphatic rings. The number of hydrogen-bond donors (Lipinski definition) is 2. The lowest BCUT2D eigenvalue weighted by Gasteiger charge is -2.15. The van der Waals surface area contributed by atoms with Crippen LogP contribution >= 0.6 is 0 Å². The molecule has 166 valence electrons. The van der Waals surface area contributed by atoms with Gasteiger partial charge in [-0.05, 0) is 42.0 Å². The Hall–Kier alpha value is -3.85. The molecule has 9 heteroatoms. The summed E-state index contributed by atoms with van der Waals surface area (Å²) in [6, 6.07) is 21.7. The van der Waals surface area contributed by atoms with E-state index in [1.165, 1.54) is 24.3 Å². The molecule has 0 heterocycles. The number of para-hydroxylation sites is 1. The van der Waals surface area contributed by atoms with Gasteiger partial charge in [0.05, 0.1) is 10.6 Å². The van der Waals surface area contributed by atoms with Crippen molar-refractivity contribution in [3.8, 4) is 11.5 Å². The van der Waals surface area contributed by atoms with Crippen molar-refractivity contribution in [3.63, 3.8) is 0 Å². The van der Waals surface area contributed by atoms with Gasteiger partial charge in [0.1, 0.15) is 24.1 Å². The van der Waals surface area contributed by atoms with E-state index < -0.39 is 33.7 Å². The minimum Gasteiger partial charge on any atom is -0.480 e. The summed E-state index contributed by atoms with van der Waals surface area (Å²) >= 11 is 0. The third-order valence-electron chi connectivity index (χ3n) is 4.35. The number of carbonyl (C=O) groups is 2. The summed E-state index contributed by atoms with van der Waals surface area (Å²) in [6.07, 6.45) is -1.02. The molecule has 3 aromatic rings. The van der Waals surface area contributed by atoms with Gasteiger partial charge in [-0.3, -0.25) is 0 Å². The monoisotopic (exact) mass is 455 g/mol. The molecule has 0 radical (unpaired) electrons. The molecule has 0 aliphatic carbocycles. The van der Waals surface area contributed by atoms with Crippen molar-refractivity contribution in [3.05, 3.63) is 90.5 Å². The molecule has 1 amide bonds. The van der Waals surface area contributed by atoms with Crippen molar-refractivity contribution in [1.29, 1.82) is 0 Å². The van der Waals surface area contributed by atoms with Crippen molar-refractivity contribution < 1.29 is 32.6 Å². The molecule has 0 bridgehead atoms. The maximum Gasteiger partial charge on any atom is 0.408 e. The lowest BCUT2D eigenvalue weighted by Crippen LogP contribution is -2.45. The van der Waals surface area contributed by atoms with Crippen LogP contribution in [0.5, 0.6) is 11.5 Å². The predicted molar refractivity (Wildman–Crippen MR) is 116 cm³/mol. The molecule has 0 spiro atoms. The molecule has 8 nitrogen and oxygen atoms in total. The quantitative estimate of drug-likeness (QED) is 0.506. The van der Waals surface area contributed by atoms with Crippen LogP contribution in [0.1, 0.15) is 5.56 Å². The molecule has 2 N–H and O–H groups in total. The summed E-state index contributed by atoms with van der Waals surface area (Å²) in [7, 11) is -4.01. The molecule has 32 heavy (non-hydrogen) atoms. The SMILES string of the molecule is O=C(N[C@@H](CS(=O)(=O)c1ccc(Oc2ccccc2)cc1)C(=O)O)OCc1ccccc1. The predicted octanol–water partition coefficient (Wildman–Crippen LogP) is 3.63. The normalized spacial score (nSPS) is 11.9.